The Morgan fingerprint density at radius 2 is 1.62 bits per heavy atom. The van der Waals surface area contributed by atoms with Crippen molar-refractivity contribution in [2.75, 3.05) is 41.0 Å². The number of carbonyl (C=O) groups excluding carboxylic acids is 2. The van der Waals surface area contributed by atoms with E-state index in [0.717, 1.165) is 5.56 Å². The third kappa shape index (κ3) is 8.02. The monoisotopic (exact) mass is 444 g/mol. The molecule has 0 radical (unpaired) electrons. The fourth-order valence-corrected chi connectivity index (χ4v) is 2.76. The maximum Gasteiger partial charge on any atom is 0.259 e. The summed E-state index contributed by atoms with van der Waals surface area (Å²) < 4.78 is 22.1. The SMILES string of the molecule is CCOc1ccccc1OCCCC(=O)NCc1ccc(OCC(=O)N(C)C)c(OC)c1. The van der Waals surface area contributed by atoms with Gasteiger partial charge in [0.15, 0.2) is 29.6 Å². The summed E-state index contributed by atoms with van der Waals surface area (Å²) in [5.41, 5.74) is 0.864. The van der Waals surface area contributed by atoms with Crippen molar-refractivity contribution in [1.29, 1.82) is 0 Å². The van der Waals surface area contributed by atoms with Crippen molar-refractivity contribution in [1.82, 2.24) is 10.2 Å². The zero-order chi connectivity index (χ0) is 23.3. The molecule has 0 aliphatic heterocycles. The largest absolute Gasteiger partial charge is 0.493 e. The van der Waals surface area contributed by atoms with E-state index in [0.29, 0.717) is 55.6 Å². The minimum absolute atomic E-state index is 0.0671. The minimum Gasteiger partial charge on any atom is -0.493 e. The van der Waals surface area contributed by atoms with Gasteiger partial charge in [0.1, 0.15) is 0 Å². The molecule has 32 heavy (non-hydrogen) atoms. The molecule has 8 heteroatoms. The van der Waals surface area contributed by atoms with Crippen LogP contribution in [0, 0.1) is 0 Å². The maximum absolute atomic E-state index is 12.2. The Labute approximate surface area is 189 Å². The fraction of sp³-hybridized carbons (Fsp3) is 0.417. The topological polar surface area (TPSA) is 86.3 Å². The Kier molecular flexibility index (Phi) is 10.2. The number of nitrogens with zero attached hydrogens (tertiary/aromatic N) is 1. The normalized spacial score (nSPS) is 10.2. The van der Waals surface area contributed by atoms with Crippen LogP contribution in [0.15, 0.2) is 42.5 Å². The molecule has 0 aliphatic rings. The predicted molar refractivity (Wildman–Crippen MR) is 121 cm³/mol. The van der Waals surface area contributed by atoms with Crippen LogP contribution in [0.3, 0.4) is 0 Å². The number of methoxy groups -OCH3 is 1. The standard InChI is InChI=1S/C24H32N2O6/c1-5-30-19-9-6-7-10-20(19)31-14-8-11-23(27)25-16-18-12-13-21(22(15-18)29-4)32-17-24(28)26(2)3/h6-7,9-10,12-13,15H,5,8,11,14,16-17H2,1-4H3,(H,25,27). The smallest absolute Gasteiger partial charge is 0.259 e. The molecule has 0 atom stereocenters. The molecule has 0 aliphatic carbocycles. The Balaban J connectivity index is 1.76. The van der Waals surface area contributed by atoms with Gasteiger partial charge in [0, 0.05) is 27.1 Å². The molecule has 0 fully saturated rings. The Hall–Kier alpha value is -3.42. The Morgan fingerprint density at radius 3 is 2.28 bits per heavy atom. The maximum atomic E-state index is 12.2. The summed E-state index contributed by atoms with van der Waals surface area (Å²) in [5, 5.41) is 2.89. The summed E-state index contributed by atoms with van der Waals surface area (Å²) in [6, 6.07) is 12.8. The summed E-state index contributed by atoms with van der Waals surface area (Å²) in [6.45, 7) is 3.19. The molecule has 0 aromatic heterocycles. The number of carbonyl (C=O) groups is 2. The van der Waals surface area contributed by atoms with Crippen molar-refractivity contribution in [2.45, 2.75) is 26.3 Å². The summed E-state index contributed by atoms with van der Waals surface area (Å²) >= 11 is 0. The third-order valence-electron chi connectivity index (χ3n) is 4.52. The molecule has 2 aromatic rings. The summed E-state index contributed by atoms with van der Waals surface area (Å²) in [4.78, 5) is 25.3. The van der Waals surface area contributed by atoms with E-state index in [1.807, 2.05) is 37.3 Å². The highest BCUT2D eigenvalue weighted by atomic mass is 16.5. The molecule has 0 saturated carbocycles. The van der Waals surface area contributed by atoms with Crippen LogP contribution in [0.2, 0.25) is 0 Å². The van der Waals surface area contributed by atoms with E-state index < -0.39 is 0 Å². The molecule has 174 valence electrons. The van der Waals surface area contributed by atoms with Gasteiger partial charge >= 0.3 is 0 Å². The van der Waals surface area contributed by atoms with E-state index in [4.69, 9.17) is 18.9 Å². The lowest BCUT2D eigenvalue weighted by molar-refractivity contribution is -0.130. The average molecular weight is 445 g/mol. The molecule has 0 spiro atoms. The van der Waals surface area contributed by atoms with Crippen LogP contribution in [-0.2, 0) is 16.1 Å². The second-order valence-electron chi connectivity index (χ2n) is 7.17. The van der Waals surface area contributed by atoms with Crippen LogP contribution in [-0.4, -0.2) is 57.7 Å². The molecule has 0 heterocycles. The number of nitrogens with one attached hydrogen (secondary N) is 1. The minimum atomic E-state index is -0.145. The zero-order valence-corrected chi connectivity index (χ0v) is 19.2. The molecule has 1 N–H and O–H groups in total. The van der Waals surface area contributed by atoms with Gasteiger partial charge in [0.2, 0.25) is 5.91 Å². The quantitative estimate of drug-likeness (QED) is 0.478. The van der Waals surface area contributed by atoms with Gasteiger partial charge in [-0.25, -0.2) is 0 Å². The Morgan fingerprint density at radius 1 is 0.938 bits per heavy atom. The van der Waals surface area contributed by atoms with E-state index >= 15 is 0 Å². The molecule has 8 nitrogen and oxygen atoms in total. The molecule has 2 rings (SSSR count). The van der Waals surface area contributed by atoms with E-state index in [1.165, 1.54) is 12.0 Å². The number of hydrogen-bond acceptors (Lipinski definition) is 6. The Bertz CT molecular complexity index is 885. The van der Waals surface area contributed by atoms with Crippen molar-refractivity contribution in [3.63, 3.8) is 0 Å². The number of amides is 2. The number of benzene rings is 2. The first kappa shape index (κ1) is 24.8. The fourth-order valence-electron chi connectivity index (χ4n) is 2.76. The average Bonchev–Trinajstić information content (AvgIpc) is 2.80. The van der Waals surface area contributed by atoms with Crippen LogP contribution in [0.4, 0.5) is 0 Å². The number of rotatable bonds is 13. The van der Waals surface area contributed by atoms with Gasteiger partial charge in [-0.15, -0.1) is 0 Å². The lowest BCUT2D eigenvalue weighted by Crippen LogP contribution is -2.27. The van der Waals surface area contributed by atoms with Crippen LogP contribution in [0.25, 0.3) is 0 Å². The zero-order valence-electron chi connectivity index (χ0n) is 19.2. The molecule has 0 bridgehead atoms. The first-order valence-electron chi connectivity index (χ1n) is 10.6. The van der Waals surface area contributed by atoms with E-state index in [9.17, 15) is 9.59 Å². The highest BCUT2D eigenvalue weighted by Gasteiger charge is 2.11. The second kappa shape index (κ2) is 13.1. The van der Waals surface area contributed by atoms with Crippen LogP contribution in [0.5, 0.6) is 23.0 Å². The summed E-state index contributed by atoms with van der Waals surface area (Å²) in [5.74, 6) is 2.14. The molecular weight excluding hydrogens is 412 g/mol. The van der Waals surface area contributed by atoms with Crippen molar-refractivity contribution in [2.24, 2.45) is 0 Å². The van der Waals surface area contributed by atoms with Crippen LogP contribution >= 0.6 is 0 Å². The number of hydrogen-bond donors (Lipinski definition) is 1. The number of para-hydroxylation sites is 2. The van der Waals surface area contributed by atoms with Gasteiger partial charge in [-0.1, -0.05) is 18.2 Å². The molecule has 0 unspecified atom stereocenters. The summed E-state index contributed by atoms with van der Waals surface area (Å²) in [6.07, 6.45) is 0.935. The molecule has 2 aromatic carbocycles. The van der Waals surface area contributed by atoms with Crippen molar-refractivity contribution in [3.8, 4) is 23.0 Å². The summed E-state index contributed by atoms with van der Waals surface area (Å²) in [7, 11) is 4.86. The van der Waals surface area contributed by atoms with Gasteiger partial charge in [-0.2, -0.15) is 0 Å². The van der Waals surface area contributed by atoms with E-state index in [-0.39, 0.29) is 18.4 Å². The van der Waals surface area contributed by atoms with Crippen molar-refractivity contribution < 1.29 is 28.5 Å². The number of ether oxygens (including phenoxy) is 4. The molecule has 2 amide bonds. The van der Waals surface area contributed by atoms with Crippen LogP contribution in [0.1, 0.15) is 25.3 Å². The lowest BCUT2D eigenvalue weighted by Gasteiger charge is -2.14. The molecule has 0 saturated heterocycles. The van der Waals surface area contributed by atoms with Gasteiger partial charge in [0.25, 0.3) is 5.91 Å². The van der Waals surface area contributed by atoms with E-state index in [2.05, 4.69) is 5.32 Å². The first-order chi connectivity index (χ1) is 15.4. The van der Waals surface area contributed by atoms with Gasteiger partial charge in [-0.05, 0) is 43.2 Å². The van der Waals surface area contributed by atoms with E-state index in [1.54, 1.807) is 26.2 Å². The highest BCUT2D eigenvalue weighted by Crippen LogP contribution is 2.28. The first-order valence-corrected chi connectivity index (χ1v) is 10.6. The number of likely N-dealkylation sites (N-methyl/N-ethyl adjacent to an activating group) is 1. The molecular formula is C24H32N2O6. The highest BCUT2D eigenvalue weighted by molar-refractivity contribution is 5.77. The second-order valence-corrected chi connectivity index (χ2v) is 7.17. The van der Waals surface area contributed by atoms with Gasteiger partial charge in [-0.3, -0.25) is 9.59 Å². The predicted octanol–water partition coefficient (Wildman–Crippen LogP) is 3.04. The van der Waals surface area contributed by atoms with Crippen molar-refractivity contribution in [3.05, 3.63) is 48.0 Å². The lowest BCUT2D eigenvalue weighted by atomic mass is 10.2. The van der Waals surface area contributed by atoms with Crippen LogP contribution < -0.4 is 24.3 Å². The van der Waals surface area contributed by atoms with Gasteiger partial charge in [0.05, 0.1) is 20.3 Å². The van der Waals surface area contributed by atoms with Gasteiger partial charge < -0.3 is 29.2 Å². The van der Waals surface area contributed by atoms with Crippen molar-refractivity contribution >= 4 is 11.8 Å². The third-order valence-corrected chi connectivity index (χ3v) is 4.52.